The Labute approximate surface area is 113 Å². The summed E-state index contributed by atoms with van der Waals surface area (Å²) in [5, 5.41) is 7.12. The van der Waals surface area contributed by atoms with Crippen LogP contribution in [0.25, 0.3) is 0 Å². The molecule has 1 aromatic carbocycles. The summed E-state index contributed by atoms with van der Waals surface area (Å²) in [7, 11) is 0. The van der Waals surface area contributed by atoms with Crippen molar-refractivity contribution in [3.63, 3.8) is 0 Å². The fourth-order valence-electron chi connectivity index (χ4n) is 1.81. The molecule has 0 saturated heterocycles. The van der Waals surface area contributed by atoms with Crippen LogP contribution in [0.4, 0.5) is 0 Å². The Hall–Kier alpha value is -1.94. The van der Waals surface area contributed by atoms with Gasteiger partial charge in [0.25, 0.3) is 0 Å². The van der Waals surface area contributed by atoms with Gasteiger partial charge < -0.3 is 9.84 Å². The zero-order valence-electron chi connectivity index (χ0n) is 11.4. The lowest BCUT2D eigenvalue weighted by Crippen LogP contribution is -2.12. The van der Waals surface area contributed by atoms with Gasteiger partial charge in [-0.1, -0.05) is 29.4 Å². The minimum absolute atomic E-state index is 0.575. The summed E-state index contributed by atoms with van der Waals surface area (Å²) in [6, 6.07) is 6.40. The van der Waals surface area contributed by atoms with Crippen LogP contribution in [0.15, 0.2) is 35.4 Å². The molecule has 0 spiro atoms. The quantitative estimate of drug-likeness (QED) is 0.638. The van der Waals surface area contributed by atoms with Crippen LogP contribution in [-0.2, 0) is 13.0 Å². The van der Waals surface area contributed by atoms with Crippen LogP contribution in [0, 0.1) is 13.8 Å². The second-order valence-electron chi connectivity index (χ2n) is 4.62. The standard InChI is InChI=1S/C15H19N3O/c1-4-7-16-10-15-17-14(18-19-15)9-13-6-5-11(2)12(3)8-13/h4-6,8,16H,1,7,9-10H2,2-3H3. The van der Waals surface area contributed by atoms with Crippen LogP contribution >= 0.6 is 0 Å². The largest absolute Gasteiger partial charge is 0.338 e. The van der Waals surface area contributed by atoms with Gasteiger partial charge in [0, 0.05) is 13.0 Å². The molecule has 100 valence electrons. The van der Waals surface area contributed by atoms with Crippen LogP contribution in [0.1, 0.15) is 28.4 Å². The van der Waals surface area contributed by atoms with Crippen LogP contribution in [0.3, 0.4) is 0 Å². The van der Waals surface area contributed by atoms with Crippen molar-refractivity contribution in [2.45, 2.75) is 26.8 Å². The van der Waals surface area contributed by atoms with Gasteiger partial charge in [-0.2, -0.15) is 4.98 Å². The minimum Gasteiger partial charge on any atom is -0.338 e. The van der Waals surface area contributed by atoms with Gasteiger partial charge in [-0.15, -0.1) is 6.58 Å². The molecule has 0 bridgehead atoms. The summed E-state index contributed by atoms with van der Waals surface area (Å²) < 4.78 is 5.18. The van der Waals surface area contributed by atoms with E-state index in [1.165, 1.54) is 16.7 Å². The number of benzene rings is 1. The highest BCUT2D eigenvalue weighted by atomic mass is 16.5. The molecule has 0 unspecified atom stereocenters. The van der Waals surface area contributed by atoms with Crippen LogP contribution in [0.2, 0.25) is 0 Å². The van der Waals surface area contributed by atoms with Crippen molar-refractivity contribution >= 4 is 0 Å². The van der Waals surface area contributed by atoms with Crippen molar-refractivity contribution in [3.8, 4) is 0 Å². The van der Waals surface area contributed by atoms with Crippen LogP contribution < -0.4 is 5.32 Å². The molecule has 0 aliphatic heterocycles. The highest BCUT2D eigenvalue weighted by Crippen LogP contribution is 2.12. The zero-order chi connectivity index (χ0) is 13.7. The van der Waals surface area contributed by atoms with Crippen molar-refractivity contribution in [3.05, 3.63) is 59.3 Å². The molecule has 0 saturated carbocycles. The molecule has 0 aliphatic carbocycles. The number of hydrogen-bond donors (Lipinski definition) is 1. The third kappa shape index (κ3) is 3.76. The lowest BCUT2D eigenvalue weighted by Gasteiger charge is -2.02. The van der Waals surface area contributed by atoms with E-state index in [2.05, 4.69) is 54.1 Å². The smallest absolute Gasteiger partial charge is 0.240 e. The fraction of sp³-hybridized carbons (Fsp3) is 0.333. The average molecular weight is 257 g/mol. The van der Waals surface area contributed by atoms with Crippen molar-refractivity contribution in [1.82, 2.24) is 15.5 Å². The van der Waals surface area contributed by atoms with Crippen molar-refractivity contribution in [2.24, 2.45) is 0 Å². The Morgan fingerprint density at radius 1 is 1.32 bits per heavy atom. The van der Waals surface area contributed by atoms with E-state index in [0.29, 0.717) is 18.9 Å². The number of nitrogens with one attached hydrogen (secondary N) is 1. The Kier molecular flexibility index (Phi) is 4.47. The van der Waals surface area contributed by atoms with Gasteiger partial charge >= 0.3 is 0 Å². The molecule has 1 heterocycles. The zero-order valence-corrected chi connectivity index (χ0v) is 11.4. The summed E-state index contributed by atoms with van der Waals surface area (Å²) in [4.78, 5) is 4.35. The molecule has 0 atom stereocenters. The van der Waals surface area contributed by atoms with E-state index in [-0.39, 0.29) is 0 Å². The Morgan fingerprint density at radius 2 is 2.16 bits per heavy atom. The second kappa shape index (κ2) is 6.29. The van der Waals surface area contributed by atoms with Gasteiger partial charge in [0.05, 0.1) is 6.54 Å². The number of nitrogens with zero attached hydrogens (tertiary/aromatic N) is 2. The first kappa shape index (κ1) is 13.5. The second-order valence-corrected chi connectivity index (χ2v) is 4.62. The number of aryl methyl sites for hydroxylation is 2. The lowest BCUT2D eigenvalue weighted by atomic mass is 10.0. The lowest BCUT2D eigenvalue weighted by molar-refractivity contribution is 0.366. The highest BCUT2D eigenvalue weighted by Gasteiger charge is 2.07. The normalized spacial score (nSPS) is 10.6. The third-order valence-electron chi connectivity index (χ3n) is 3.01. The van der Waals surface area contributed by atoms with Crippen molar-refractivity contribution in [1.29, 1.82) is 0 Å². The number of aromatic nitrogens is 2. The van der Waals surface area contributed by atoms with E-state index in [0.717, 1.165) is 12.4 Å². The van der Waals surface area contributed by atoms with E-state index in [4.69, 9.17) is 4.52 Å². The predicted molar refractivity (Wildman–Crippen MR) is 74.9 cm³/mol. The minimum atomic E-state index is 0.575. The molecule has 2 aromatic rings. The van der Waals surface area contributed by atoms with Gasteiger partial charge in [-0.05, 0) is 30.5 Å². The summed E-state index contributed by atoms with van der Waals surface area (Å²) in [6.45, 7) is 9.16. The topological polar surface area (TPSA) is 51.0 Å². The first-order chi connectivity index (χ1) is 9.19. The molecular weight excluding hydrogens is 238 g/mol. The molecule has 1 aromatic heterocycles. The Morgan fingerprint density at radius 3 is 2.89 bits per heavy atom. The van der Waals surface area contributed by atoms with Crippen LogP contribution in [0.5, 0.6) is 0 Å². The summed E-state index contributed by atoms with van der Waals surface area (Å²) >= 11 is 0. The fourth-order valence-corrected chi connectivity index (χ4v) is 1.81. The van der Waals surface area contributed by atoms with E-state index >= 15 is 0 Å². The van der Waals surface area contributed by atoms with Gasteiger partial charge in [0.1, 0.15) is 0 Å². The number of hydrogen-bond acceptors (Lipinski definition) is 4. The first-order valence-electron chi connectivity index (χ1n) is 6.38. The molecule has 4 heteroatoms. The highest BCUT2D eigenvalue weighted by molar-refractivity contribution is 5.31. The molecule has 1 N–H and O–H groups in total. The van der Waals surface area contributed by atoms with Gasteiger partial charge in [-0.25, -0.2) is 0 Å². The van der Waals surface area contributed by atoms with Crippen molar-refractivity contribution in [2.75, 3.05) is 6.54 Å². The average Bonchev–Trinajstić information content (AvgIpc) is 2.82. The SMILES string of the molecule is C=CCNCc1nc(Cc2ccc(C)c(C)c2)no1. The van der Waals surface area contributed by atoms with E-state index < -0.39 is 0 Å². The Balaban J connectivity index is 1.98. The van der Waals surface area contributed by atoms with E-state index in [1.807, 2.05) is 0 Å². The van der Waals surface area contributed by atoms with E-state index in [9.17, 15) is 0 Å². The van der Waals surface area contributed by atoms with E-state index in [1.54, 1.807) is 6.08 Å². The maximum absolute atomic E-state index is 5.18. The first-order valence-corrected chi connectivity index (χ1v) is 6.38. The third-order valence-corrected chi connectivity index (χ3v) is 3.01. The molecule has 0 aliphatic rings. The summed E-state index contributed by atoms with van der Waals surface area (Å²) in [5.74, 6) is 1.33. The van der Waals surface area contributed by atoms with Gasteiger partial charge in [0.2, 0.25) is 5.89 Å². The molecular formula is C15H19N3O. The van der Waals surface area contributed by atoms with Crippen LogP contribution in [-0.4, -0.2) is 16.7 Å². The monoisotopic (exact) mass is 257 g/mol. The Bertz CT molecular complexity index is 560. The molecule has 0 radical (unpaired) electrons. The molecule has 19 heavy (non-hydrogen) atoms. The molecule has 2 rings (SSSR count). The van der Waals surface area contributed by atoms with Gasteiger partial charge in [0.15, 0.2) is 5.82 Å². The molecule has 4 nitrogen and oxygen atoms in total. The van der Waals surface area contributed by atoms with Crippen molar-refractivity contribution < 1.29 is 4.52 Å². The van der Waals surface area contributed by atoms with Gasteiger partial charge in [-0.3, -0.25) is 0 Å². The summed E-state index contributed by atoms with van der Waals surface area (Å²) in [5.41, 5.74) is 3.79. The summed E-state index contributed by atoms with van der Waals surface area (Å²) in [6.07, 6.45) is 2.50. The number of rotatable bonds is 6. The maximum Gasteiger partial charge on any atom is 0.240 e. The maximum atomic E-state index is 5.18. The molecule has 0 fully saturated rings. The molecule has 0 amide bonds. The predicted octanol–water partition coefficient (Wildman–Crippen LogP) is 2.55.